The third-order valence-electron chi connectivity index (χ3n) is 3.50. The molecule has 0 aromatic heterocycles. The molecule has 2 aromatic rings. The average Bonchev–Trinajstić information content (AvgIpc) is 2.46. The fourth-order valence-electron chi connectivity index (χ4n) is 2.17. The highest BCUT2D eigenvalue weighted by Crippen LogP contribution is 2.35. The minimum Gasteiger partial charge on any atom is -0.497 e. The van der Waals surface area contributed by atoms with Crippen LogP contribution in [0.1, 0.15) is 31.9 Å². The molecule has 124 valence electrons. The number of hydrogen-bond donors (Lipinski definition) is 0. The number of hydrogen-bond acceptors (Lipinski definition) is 4. The Morgan fingerprint density at radius 1 is 0.957 bits per heavy atom. The summed E-state index contributed by atoms with van der Waals surface area (Å²) in [5.41, 5.74) is 1.48. The van der Waals surface area contributed by atoms with E-state index in [1.807, 2.05) is 27.7 Å². The van der Waals surface area contributed by atoms with Crippen molar-refractivity contribution in [2.24, 2.45) is 0 Å². The molecule has 0 bridgehead atoms. The lowest BCUT2D eigenvalue weighted by molar-refractivity contribution is 0.410. The van der Waals surface area contributed by atoms with E-state index in [1.165, 1.54) is 0 Å². The van der Waals surface area contributed by atoms with Crippen LogP contribution in [0, 0.1) is 6.92 Å². The highest BCUT2D eigenvalue weighted by atomic mass is 32.2. The molecule has 0 radical (unpaired) electrons. The summed E-state index contributed by atoms with van der Waals surface area (Å²) >= 11 is 0. The first-order chi connectivity index (χ1) is 10.6. The number of aryl methyl sites for hydroxylation is 1. The van der Waals surface area contributed by atoms with E-state index < -0.39 is 10.1 Å². The van der Waals surface area contributed by atoms with Gasteiger partial charge in [-0.05, 0) is 42.7 Å². The molecule has 0 amide bonds. The predicted molar refractivity (Wildman–Crippen MR) is 90.7 cm³/mol. The SMILES string of the molecule is COc1ccc(OS(=O)(=O)c2ccc(C)cc2)c(C(C)(C)C)c1. The van der Waals surface area contributed by atoms with Crippen molar-refractivity contribution in [2.75, 3.05) is 7.11 Å². The molecular weight excluding hydrogens is 312 g/mol. The Bertz CT molecular complexity index is 785. The predicted octanol–water partition coefficient (Wildman–Crippen LogP) is 4.07. The first-order valence-electron chi connectivity index (χ1n) is 7.33. The second-order valence-corrected chi connectivity index (χ2v) is 8.01. The average molecular weight is 334 g/mol. The smallest absolute Gasteiger partial charge is 0.339 e. The first-order valence-corrected chi connectivity index (χ1v) is 8.74. The second-order valence-electron chi connectivity index (χ2n) is 6.46. The van der Waals surface area contributed by atoms with Crippen molar-refractivity contribution < 1.29 is 17.3 Å². The molecule has 0 atom stereocenters. The number of methoxy groups -OCH3 is 1. The van der Waals surface area contributed by atoms with Gasteiger partial charge in [0.1, 0.15) is 16.4 Å². The zero-order valence-electron chi connectivity index (χ0n) is 14.1. The molecule has 0 spiro atoms. The zero-order chi connectivity index (χ0) is 17.3. The Hall–Kier alpha value is -2.01. The van der Waals surface area contributed by atoms with Gasteiger partial charge in [-0.15, -0.1) is 0 Å². The van der Waals surface area contributed by atoms with Gasteiger partial charge in [0.05, 0.1) is 7.11 Å². The molecule has 0 N–H and O–H groups in total. The minimum atomic E-state index is -3.87. The van der Waals surface area contributed by atoms with Gasteiger partial charge in [-0.3, -0.25) is 0 Å². The summed E-state index contributed by atoms with van der Waals surface area (Å²) in [6.45, 7) is 7.88. The molecule has 5 heteroatoms. The van der Waals surface area contributed by atoms with Crippen LogP contribution >= 0.6 is 0 Å². The summed E-state index contributed by atoms with van der Waals surface area (Å²) in [4.78, 5) is 0.138. The van der Waals surface area contributed by atoms with Crippen molar-refractivity contribution in [3.05, 3.63) is 53.6 Å². The quantitative estimate of drug-likeness (QED) is 0.791. The molecule has 0 aliphatic heterocycles. The van der Waals surface area contributed by atoms with Crippen LogP contribution in [-0.2, 0) is 15.5 Å². The van der Waals surface area contributed by atoms with Crippen LogP contribution in [0.3, 0.4) is 0 Å². The molecule has 0 aliphatic rings. The maximum atomic E-state index is 12.5. The van der Waals surface area contributed by atoms with Crippen LogP contribution in [0.4, 0.5) is 0 Å². The summed E-state index contributed by atoms with van der Waals surface area (Å²) in [5.74, 6) is 0.980. The molecule has 0 unspecified atom stereocenters. The maximum Gasteiger partial charge on any atom is 0.339 e. The summed E-state index contributed by atoms with van der Waals surface area (Å²) in [6.07, 6.45) is 0. The highest BCUT2D eigenvalue weighted by Gasteiger charge is 2.24. The van der Waals surface area contributed by atoms with Gasteiger partial charge in [-0.2, -0.15) is 8.42 Å². The van der Waals surface area contributed by atoms with E-state index in [4.69, 9.17) is 8.92 Å². The molecule has 2 rings (SSSR count). The first kappa shape index (κ1) is 17.3. The van der Waals surface area contributed by atoms with Gasteiger partial charge in [0.15, 0.2) is 0 Å². The summed E-state index contributed by atoms with van der Waals surface area (Å²) in [6, 6.07) is 11.7. The Labute approximate surface area is 138 Å². The summed E-state index contributed by atoms with van der Waals surface area (Å²) in [7, 11) is -2.30. The third kappa shape index (κ3) is 4.05. The second kappa shape index (κ2) is 6.24. The number of rotatable bonds is 4. The fourth-order valence-corrected chi connectivity index (χ4v) is 3.11. The number of ether oxygens (including phenoxy) is 1. The van der Waals surface area contributed by atoms with Crippen molar-refractivity contribution in [3.63, 3.8) is 0 Å². The van der Waals surface area contributed by atoms with E-state index in [-0.39, 0.29) is 10.3 Å². The van der Waals surface area contributed by atoms with E-state index in [2.05, 4.69) is 0 Å². The molecule has 4 nitrogen and oxygen atoms in total. The van der Waals surface area contributed by atoms with Crippen LogP contribution in [0.5, 0.6) is 11.5 Å². The lowest BCUT2D eigenvalue weighted by atomic mass is 9.86. The van der Waals surface area contributed by atoms with Crippen LogP contribution in [0.2, 0.25) is 0 Å². The van der Waals surface area contributed by atoms with Crippen molar-refractivity contribution in [2.45, 2.75) is 38.0 Å². The van der Waals surface area contributed by atoms with Crippen LogP contribution in [-0.4, -0.2) is 15.5 Å². The Kier molecular flexibility index (Phi) is 4.71. The standard InChI is InChI=1S/C18H22O4S/c1-13-6-9-15(10-7-13)23(19,20)22-17-11-8-14(21-5)12-16(17)18(2,3)4/h6-12H,1-5H3. The number of benzene rings is 2. The van der Waals surface area contributed by atoms with Gasteiger partial charge in [0.2, 0.25) is 0 Å². The fraction of sp³-hybridized carbons (Fsp3) is 0.333. The Morgan fingerprint density at radius 3 is 2.09 bits per heavy atom. The van der Waals surface area contributed by atoms with E-state index in [1.54, 1.807) is 49.6 Å². The molecule has 0 fully saturated rings. The van der Waals surface area contributed by atoms with Gasteiger partial charge in [0, 0.05) is 5.56 Å². The third-order valence-corrected chi connectivity index (χ3v) is 4.75. The van der Waals surface area contributed by atoms with Gasteiger partial charge >= 0.3 is 10.1 Å². The van der Waals surface area contributed by atoms with Gasteiger partial charge in [-0.1, -0.05) is 38.5 Å². The van der Waals surface area contributed by atoms with E-state index >= 15 is 0 Å². The van der Waals surface area contributed by atoms with E-state index in [0.29, 0.717) is 11.5 Å². The van der Waals surface area contributed by atoms with Crippen LogP contribution in [0.25, 0.3) is 0 Å². The lowest BCUT2D eigenvalue weighted by Gasteiger charge is -2.23. The maximum absolute atomic E-state index is 12.5. The molecule has 2 aromatic carbocycles. The molecule has 0 saturated carbocycles. The molecule has 0 heterocycles. The normalized spacial score (nSPS) is 12.0. The lowest BCUT2D eigenvalue weighted by Crippen LogP contribution is -2.17. The topological polar surface area (TPSA) is 52.6 Å². The largest absolute Gasteiger partial charge is 0.497 e. The van der Waals surface area contributed by atoms with Crippen molar-refractivity contribution >= 4 is 10.1 Å². The van der Waals surface area contributed by atoms with E-state index in [9.17, 15) is 8.42 Å². The van der Waals surface area contributed by atoms with Crippen LogP contribution in [0.15, 0.2) is 47.4 Å². The van der Waals surface area contributed by atoms with Crippen molar-refractivity contribution in [3.8, 4) is 11.5 Å². The van der Waals surface area contributed by atoms with Gasteiger partial charge < -0.3 is 8.92 Å². The summed E-state index contributed by atoms with van der Waals surface area (Å²) in [5, 5.41) is 0. The van der Waals surface area contributed by atoms with Crippen molar-refractivity contribution in [1.29, 1.82) is 0 Å². The van der Waals surface area contributed by atoms with E-state index in [0.717, 1.165) is 11.1 Å². The minimum absolute atomic E-state index is 0.138. The monoisotopic (exact) mass is 334 g/mol. The Morgan fingerprint density at radius 2 is 1.57 bits per heavy atom. The summed E-state index contributed by atoms with van der Waals surface area (Å²) < 4.78 is 35.6. The molecular formula is C18H22O4S. The Balaban J connectivity index is 2.45. The molecule has 0 aliphatic carbocycles. The van der Waals surface area contributed by atoms with Crippen molar-refractivity contribution in [1.82, 2.24) is 0 Å². The van der Waals surface area contributed by atoms with Gasteiger partial charge in [0.25, 0.3) is 0 Å². The molecule has 23 heavy (non-hydrogen) atoms. The zero-order valence-corrected chi connectivity index (χ0v) is 14.9. The van der Waals surface area contributed by atoms with Gasteiger partial charge in [-0.25, -0.2) is 0 Å². The van der Waals surface area contributed by atoms with Crippen LogP contribution < -0.4 is 8.92 Å². The highest BCUT2D eigenvalue weighted by molar-refractivity contribution is 7.87. The molecule has 0 saturated heterocycles.